The van der Waals surface area contributed by atoms with Gasteiger partial charge in [0, 0.05) is 26.2 Å². The van der Waals surface area contributed by atoms with Gasteiger partial charge >= 0.3 is 6.18 Å². The Balaban J connectivity index is 1.38. The Morgan fingerprint density at radius 1 is 1.16 bits per heavy atom. The van der Waals surface area contributed by atoms with Crippen molar-refractivity contribution in [3.05, 3.63) is 45.1 Å². The molecule has 1 amide bonds. The zero-order valence-electron chi connectivity index (χ0n) is 17.0. The summed E-state index contributed by atoms with van der Waals surface area (Å²) in [7, 11) is 0. The van der Waals surface area contributed by atoms with E-state index in [0.29, 0.717) is 50.1 Å². The van der Waals surface area contributed by atoms with E-state index in [2.05, 4.69) is 15.1 Å². The number of nitrogens with zero attached hydrogens (tertiary/aromatic N) is 6. The number of amides is 1. The van der Waals surface area contributed by atoms with Crippen molar-refractivity contribution in [1.29, 1.82) is 0 Å². The van der Waals surface area contributed by atoms with Gasteiger partial charge in [-0.25, -0.2) is 15.1 Å². The van der Waals surface area contributed by atoms with Crippen LogP contribution in [0, 0.1) is 0 Å². The van der Waals surface area contributed by atoms with Crippen molar-refractivity contribution in [1.82, 2.24) is 30.0 Å². The number of halogens is 4. The highest BCUT2D eigenvalue weighted by Crippen LogP contribution is 2.33. The van der Waals surface area contributed by atoms with Crippen molar-refractivity contribution < 1.29 is 18.0 Å². The average molecular weight is 472 g/mol. The Labute approximate surface area is 186 Å². The zero-order chi connectivity index (χ0) is 22.9. The number of piperazine rings is 1. The molecule has 1 N–H and O–H groups in total. The predicted molar refractivity (Wildman–Crippen MR) is 109 cm³/mol. The zero-order valence-corrected chi connectivity index (χ0v) is 17.7. The SMILES string of the molecule is O=C(CN1CCCC1c1cc(C(F)(F)F)c(=O)[nH]n1)N1CCN(c2ncc(Cl)cn2)CC1. The van der Waals surface area contributed by atoms with Gasteiger partial charge in [-0.15, -0.1) is 0 Å². The molecule has 13 heteroatoms. The quantitative estimate of drug-likeness (QED) is 0.725. The molecule has 4 heterocycles. The summed E-state index contributed by atoms with van der Waals surface area (Å²) in [5, 5.41) is 6.21. The number of hydrogen-bond acceptors (Lipinski definition) is 7. The Hall–Kier alpha value is -2.73. The number of alkyl halides is 3. The van der Waals surface area contributed by atoms with E-state index in [1.54, 1.807) is 4.90 Å². The van der Waals surface area contributed by atoms with Crippen molar-refractivity contribution in [2.75, 3.05) is 44.2 Å². The molecular weight excluding hydrogens is 451 g/mol. The van der Waals surface area contributed by atoms with Gasteiger partial charge in [-0.3, -0.25) is 14.5 Å². The Kier molecular flexibility index (Phi) is 6.33. The maximum Gasteiger partial charge on any atom is 0.421 e. The van der Waals surface area contributed by atoms with Crippen LogP contribution in [0.3, 0.4) is 0 Å². The second-order valence-electron chi connectivity index (χ2n) is 7.73. The smallest absolute Gasteiger partial charge is 0.338 e. The van der Waals surface area contributed by atoms with Gasteiger partial charge in [0.25, 0.3) is 5.56 Å². The first-order valence-corrected chi connectivity index (χ1v) is 10.5. The van der Waals surface area contributed by atoms with Crippen molar-refractivity contribution in [3.8, 4) is 0 Å². The number of rotatable bonds is 4. The molecule has 2 fully saturated rings. The first-order chi connectivity index (χ1) is 15.2. The molecule has 1 atom stereocenters. The van der Waals surface area contributed by atoms with Crippen LogP contribution in [0.5, 0.6) is 0 Å². The van der Waals surface area contributed by atoms with E-state index >= 15 is 0 Å². The van der Waals surface area contributed by atoms with Gasteiger partial charge in [-0.05, 0) is 25.5 Å². The lowest BCUT2D eigenvalue weighted by Gasteiger charge is -2.36. The van der Waals surface area contributed by atoms with E-state index in [1.807, 2.05) is 14.9 Å². The van der Waals surface area contributed by atoms with E-state index in [9.17, 15) is 22.8 Å². The van der Waals surface area contributed by atoms with Gasteiger partial charge in [0.15, 0.2) is 0 Å². The Morgan fingerprint density at radius 3 is 2.50 bits per heavy atom. The third-order valence-corrected chi connectivity index (χ3v) is 5.89. The number of aromatic nitrogens is 4. The summed E-state index contributed by atoms with van der Waals surface area (Å²) in [4.78, 5) is 38.2. The largest absolute Gasteiger partial charge is 0.421 e. The van der Waals surface area contributed by atoms with E-state index < -0.39 is 23.3 Å². The molecule has 0 saturated carbocycles. The average Bonchev–Trinajstić information content (AvgIpc) is 3.22. The summed E-state index contributed by atoms with van der Waals surface area (Å²) in [6.07, 6.45) is -0.445. The van der Waals surface area contributed by atoms with Gasteiger partial charge in [0.2, 0.25) is 11.9 Å². The minimum atomic E-state index is -4.77. The number of nitrogens with one attached hydrogen (secondary N) is 1. The number of carbonyl (C=O) groups excluding carboxylic acids is 1. The molecular formula is C19H21ClF3N7O2. The number of aromatic amines is 1. The van der Waals surface area contributed by atoms with Crippen molar-refractivity contribution >= 4 is 23.5 Å². The molecule has 9 nitrogen and oxygen atoms in total. The second-order valence-corrected chi connectivity index (χ2v) is 8.17. The van der Waals surface area contributed by atoms with Crippen LogP contribution in [0.2, 0.25) is 5.02 Å². The first kappa shape index (κ1) is 22.5. The topological polar surface area (TPSA) is 98.3 Å². The third kappa shape index (κ3) is 4.85. The van der Waals surface area contributed by atoms with E-state index in [1.165, 1.54) is 12.4 Å². The Morgan fingerprint density at radius 2 is 1.84 bits per heavy atom. The van der Waals surface area contributed by atoms with Gasteiger partial charge in [-0.2, -0.15) is 18.3 Å². The van der Waals surface area contributed by atoms with Gasteiger partial charge < -0.3 is 9.80 Å². The minimum absolute atomic E-state index is 0.0737. The van der Waals surface area contributed by atoms with Gasteiger partial charge in [0.1, 0.15) is 5.56 Å². The monoisotopic (exact) mass is 471 g/mol. The molecule has 2 aromatic rings. The maximum absolute atomic E-state index is 13.1. The molecule has 0 aromatic carbocycles. The molecule has 0 spiro atoms. The highest BCUT2D eigenvalue weighted by atomic mass is 35.5. The summed E-state index contributed by atoms with van der Waals surface area (Å²) in [5.74, 6) is 0.444. The summed E-state index contributed by atoms with van der Waals surface area (Å²) in [6.45, 7) is 2.73. The number of H-pyrrole nitrogens is 1. The van der Waals surface area contributed by atoms with E-state index in [0.717, 1.165) is 12.5 Å². The van der Waals surface area contributed by atoms with Crippen LogP contribution >= 0.6 is 11.6 Å². The summed E-state index contributed by atoms with van der Waals surface area (Å²) in [5.41, 5.74) is -2.43. The fourth-order valence-electron chi connectivity index (χ4n) is 4.05. The lowest BCUT2D eigenvalue weighted by Crippen LogP contribution is -2.51. The lowest BCUT2D eigenvalue weighted by molar-refractivity contribution is -0.139. The molecule has 2 aliphatic rings. The molecule has 2 aromatic heterocycles. The molecule has 2 aliphatic heterocycles. The van der Waals surface area contributed by atoms with Gasteiger partial charge in [0.05, 0.1) is 35.7 Å². The molecule has 0 radical (unpaired) electrons. The molecule has 4 rings (SSSR count). The summed E-state index contributed by atoms with van der Waals surface area (Å²) in [6, 6.07) is 0.331. The standard InChI is InChI=1S/C19H21ClF3N7O2/c20-12-9-24-18(25-10-12)29-6-4-28(5-7-29)16(31)11-30-3-1-2-15(30)14-8-13(19(21,22)23)17(32)27-26-14/h8-10,15H,1-7,11H2,(H,27,32). The van der Waals surface area contributed by atoms with E-state index in [-0.39, 0.29) is 18.1 Å². The normalized spacial score (nSPS) is 20.1. The first-order valence-electron chi connectivity index (χ1n) is 10.1. The van der Waals surface area contributed by atoms with Crippen LogP contribution in [-0.2, 0) is 11.0 Å². The van der Waals surface area contributed by atoms with Crippen LogP contribution in [0.25, 0.3) is 0 Å². The van der Waals surface area contributed by atoms with Crippen molar-refractivity contribution in [2.24, 2.45) is 0 Å². The minimum Gasteiger partial charge on any atom is -0.338 e. The van der Waals surface area contributed by atoms with Crippen LogP contribution in [0.4, 0.5) is 19.1 Å². The highest BCUT2D eigenvalue weighted by Gasteiger charge is 2.37. The molecule has 2 saturated heterocycles. The lowest BCUT2D eigenvalue weighted by atomic mass is 10.1. The number of anilines is 1. The molecule has 1 unspecified atom stereocenters. The number of hydrogen-bond donors (Lipinski definition) is 1. The van der Waals surface area contributed by atoms with Crippen molar-refractivity contribution in [2.45, 2.75) is 25.1 Å². The summed E-state index contributed by atoms with van der Waals surface area (Å²) >= 11 is 5.81. The second kappa shape index (κ2) is 9.02. The van der Waals surface area contributed by atoms with Crippen molar-refractivity contribution in [3.63, 3.8) is 0 Å². The Bertz CT molecular complexity index is 1020. The van der Waals surface area contributed by atoms with Crippen LogP contribution < -0.4 is 10.5 Å². The van der Waals surface area contributed by atoms with Crippen LogP contribution in [0.1, 0.15) is 30.1 Å². The molecule has 172 valence electrons. The number of likely N-dealkylation sites (tertiary alicyclic amines) is 1. The fraction of sp³-hybridized carbons (Fsp3) is 0.526. The predicted octanol–water partition coefficient (Wildman–Crippen LogP) is 1.72. The fourth-order valence-corrected chi connectivity index (χ4v) is 4.15. The maximum atomic E-state index is 13.1. The number of carbonyl (C=O) groups is 1. The molecule has 32 heavy (non-hydrogen) atoms. The summed E-state index contributed by atoms with van der Waals surface area (Å²) < 4.78 is 39.3. The highest BCUT2D eigenvalue weighted by molar-refractivity contribution is 6.30. The molecule has 0 aliphatic carbocycles. The third-order valence-electron chi connectivity index (χ3n) is 5.69. The van der Waals surface area contributed by atoms with Gasteiger partial charge in [-0.1, -0.05) is 11.6 Å². The van der Waals surface area contributed by atoms with Crippen LogP contribution in [-0.4, -0.2) is 75.1 Å². The molecule has 0 bridgehead atoms. The van der Waals surface area contributed by atoms with E-state index in [4.69, 9.17) is 11.6 Å². The van der Waals surface area contributed by atoms with Crippen LogP contribution in [0.15, 0.2) is 23.3 Å².